The topological polar surface area (TPSA) is 71.2 Å². The summed E-state index contributed by atoms with van der Waals surface area (Å²) in [5, 5.41) is 14.7. The van der Waals surface area contributed by atoms with Crippen LogP contribution in [-0.4, -0.2) is 21.6 Å². The molecule has 2 rings (SSSR count). The molecule has 0 aromatic carbocycles. The first-order chi connectivity index (χ1) is 8.00. The van der Waals surface area contributed by atoms with Gasteiger partial charge in [-0.1, -0.05) is 6.92 Å². The maximum atomic E-state index is 10.4. The Labute approximate surface area is 106 Å². The molecular formula is C12H21N3OS. The van der Waals surface area contributed by atoms with Crippen LogP contribution in [0.15, 0.2) is 0 Å². The SMILES string of the molecule is Cc1c(N)nsc1NCC1(O)CCC(C)CC1. The van der Waals surface area contributed by atoms with Crippen LogP contribution in [0.1, 0.15) is 38.2 Å². The molecule has 1 saturated carbocycles. The molecule has 1 aromatic rings. The maximum Gasteiger partial charge on any atom is 0.142 e. The summed E-state index contributed by atoms with van der Waals surface area (Å²) in [4.78, 5) is 0. The molecule has 0 spiro atoms. The van der Waals surface area contributed by atoms with Crippen LogP contribution in [0.3, 0.4) is 0 Å². The molecule has 17 heavy (non-hydrogen) atoms. The van der Waals surface area contributed by atoms with E-state index in [0.717, 1.165) is 42.2 Å². The lowest BCUT2D eigenvalue weighted by atomic mass is 9.79. The quantitative estimate of drug-likeness (QED) is 0.775. The van der Waals surface area contributed by atoms with Crippen LogP contribution in [0.5, 0.6) is 0 Å². The van der Waals surface area contributed by atoms with Crippen LogP contribution >= 0.6 is 11.5 Å². The van der Waals surface area contributed by atoms with E-state index in [1.807, 2.05) is 6.92 Å². The number of aliphatic hydroxyl groups is 1. The van der Waals surface area contributed by atoms with Gasteiger partial charge in [0, 0.05) is 12.1 Å². The van der Waals surface area contributed by atoms with Gasteiger partial charge in [-0.15, -0.1) is 0 Å². The van der Waals surface area contributed by atoms with E-state index in [-0.39, 0.29) is 0 Å². The summed E-state index contributed by atoms with van der Waals surface area (Å²) in [5.41, 5.74) is 6.13. The van der Waals surface area contributed by atoms with Gasteiger partial charge in [0.25, 0.3) is 0 Å². The van der Waals surface area contributed by atoms with Gasteiger partial charge in [-0.25, -0.2) is 0 Å². The molecule has 0 amide bonds. The van der Waals surface area contributed by atoms with Gasteiger partial charge in [-0.05, 0) is 50.1 Å². The van der Waals surface area contributed by atoms with Crippen molar-refractivity contribution in [3.8, 4) is 0 Å². The Hall–Kier alpha value is -0.810. The van der Waals surface area contributed by atoms with E-state index in [0.29, 0.717) is 12.4 Å². The molecular weight excluding hydrogens is 234 g/mol. The largest absolute Gasteiger partial charge is 0.388 e. The first-order valence-corrected chi connectivity index (χ1v) is 6.95. The highest BCUT2D eigenvalue weighted by atomic mass is 32.1. The number of anilines is 2. The van der Waals surface area contributed by atoms with E-state index in [1.54, 1.807) is 0 Å². The predicted octanol–water partition coefficient (Wildman–Crippen LogP) is 2.39. The molecule has 5 heteroatoms. The fourth-order valence-electron chi connectivity index (χ4n) is 2.23. The van der Waals surface area contributed by atoms with Crippen molar-refractivity contribution in [2.75, 3.05) is 17.6 Å². The maximum absolute atomic E-state index is 10.4. The van der Waals surface area contributed by atoms with Crippen molar-refractivity contribution in [2.45, 2.75) is 45.1 Å². The van der Waals surface area contributed by atoms with Crippen molar-refractivity contribution in [3.05, 3.63) is 5.56 Å². The molecule has 96 valence electrons. The minimum Gasteiger partial charge on any atom is -0.388 e. The summed E-state index contributed by atoms with van der Waals surface area (Å²) in [5.74, 6) is 1.33. The van der Waals surface area contributed by atoms with E-state index in [4.69, 9.17) is 5.73 Å². The van der Waals surface area contributed by atoms with Crippen LogP contribution in [0.2, 0.25) is 0 Å². The van der Waals surface area contributed by atoms with Gasteiger partial charge in [0.05, 0.1) is 5.60 Å². The van der Waals surface area contributed by atoms with Crippen LogP contribution in [0.4, 0.5) is 10.8 Å². The van der Waals surface area contributed by atoms with Crippen LogP contribution in [-0.2, 0) is 0 Å². The van der Waals surface area contributed by atoms with Gasteiger partial charge < -0.3 is 16.2 Å². The van der Waals surface area contributed by atoms with Crippen molar-refractivity contribution < 1.29 is 5.11 Å². The van der Waals surface area contributed by atoms with Gasteiger partial charge >= 0.3 is 0 Å². The molecule has 0 saturated heterocycles. The lowest BCUT2D eigenvalue weighted by Crippen LogP contribution is -2.40. The number of aromatic nitrogens is 1. The Bertz CT molecular complexity index is 383. The van der Waals surface area contributed by atoms with Crippen molar-refractivity contribution in [1.82, 2.24) is 4.37 Å². The van der Waals surface area contributed by atoms with Crippen molar-refractivity contribution >= 4 is 22.4 Å². The zero-order chi connectivity index (χ0) is 12.5. The molecule has 1 heterocycles. The molecule has 1 aliphatic rings. The average Bonchev–Trinajstić information content (AvgIpc) is 2.62. The number of hydrogen-bond donors (Lipinski definition) is 3. The fraction of sp³-hybridized carbons (Fsp3) is 0.750. The third-order valence-electron chi connectivity index (χ3n) is 3.74. The standard InChI is InChI=1S/C12H21N3OS/c1-8-3-5-12(16,6-4-8)7-14-11-9(2)10(13)15-17-11/h8,14,16H,3-7H2,1-2H3,(H2,13,15). The van der Waals surface area contributed by atoms with Crippen molar-refractivity contribution in [1.29, 1.82) is 0 Å². The second-order valence-electron chi connectivity index (χ2n) is 5.28. The Morgan fingerprint density at radius 2 is 2.18 bits per heavy atom. The first-order valence-electron chi connectivity index (χ1n) is 6.18. The molecule has 0 atom stereocenters. The third kappa shape index (κ3) is 2.90. The number of nitrogens with zero attached hydrogens (tertiary/aromatic N) is 1. The summed E-state index contributed by atoms with van der Waals surface area (Å²) >= 11 is 1.37. The molecule has 0 aliphatic heterocycles. The minimum atomic E-state index is -0.558. The molecule has 0 bridgehead atoms. The smallest absolute Gasteiger partial charge is 0.142 e. The lowest BCUT2D eigenvalue weighted by Gasteiger charge is -2.35. The van der Waals surface area contributed by atoms with Gasteiger partial charge in [-0.3, -0.25) is 0 Å². The minimum absolute atomic E-state index is 0.558. The molecule has 1 aromatic heterocycles. The predicted molar refractivity (Wildman–Crippen MR) is 72.3 cm³/mol. The van der Waals surface area contributed by atoms with E-state index < -0.39 is 5.60 Å². The summed E-state index contributed by atoms with van der Waals surface area (Å²) in [7, 11) is 0. The monoisotopic (exact) mass is 255 g/mol. The highest BCUT2D eigenvalue weighted by Crippen LogP contribution is 2.33. The summed E-state index contributed by atoms with van der Waals surface area (Å²) < 4.78 is 4.09. The Kier molecular flexibility index (Phi) is 3.58. The molecule has 1 aliphatic carbocycles. The lowest BCUT2D eigenvalue weighted by molar-refractivity contribution is 0.00506. The Morgan fingerprint density at radius 1 is 1.53 bits per heavy atom. The zero-order valence-corrected chi connectivity index (χ0v) is 11.3. The number of rotatable bonds is 3. The van der Waals surface area contributed by atoms with E-state index in [9.17, 15) is 5.11 Å². The van der Waals surface area contributed by atoms with Crippen LogP contribution < -0.4 is 11.1 Å². The molecule has 0 unspecified atom stereocenters. The second-order valence-corrected chi connectivity index (χ2v) is 6.06. The zero-order valence-electron chi connectivity index (χ0n) is 10.5. The second kappa shape index (κ2) is 4.82. The molecule has 4 nitrogen and oxygen atoms in total. The molecule has 1 fully saturated rings. The highest BCUT2D eigenvalue weighted by molar-refractivity contribution is 7.10. The number of nitrogens with one attached hydrogen (secondary N) is 1. The fourth-order valence-corrected chi connectivity index (χ4v) is 2.94. The summed E-state index contributed by atoms with van der Waals surface area (Å²) in [6, 6.07) is 0. The van der Waals surface area contributed by atoms with E-state index in [2.05, 4.69) is 16.6 Å². The summed E-state index contributed by atoms with van der Waals surface area (Å²) in [6.45, 7) is 4.80. The normalized spacial score (nSPS) is 29.2. The van der Waals surface area contributed by atoms with E-state index >= 15 is 0 Å². The Balaban J connectivity index is 1.91. The van der Waals surface area contributed by atoms with Gasteiger partial charge in [0.1, 0.15) is 10.8 Å². The average molecular weight is 255 g/mol. The van der Waals surface area contributed by atoms with Gasteiger partial charge in [0.15, 0.2) is 0 Å². The third-order valence-corrected chi connectivity index (χ3v) is 4.66. The van der Waals surface area contributed by atoms with Gasteiger partial charge in [0.2, 0.25) is 0 Å². The number of nitrogens with two attached hydrogens (primary N) is 1. The number of nitrogen functional groups attached to an aromatic ring is 1. The van der Waals surface area contributed by atoms with Crippen LogP contribution in [0.25, 0.3) is 0 Å². The molecule has 0 radical (unpaired) electrons. The van der Waals surface area contributed by atoms with E-state index in [1.165, 1.54) is 11.5 Å². The highest BCUT2D eigenvalue weighted by Gasteiger charge is 2.31. The molecule has 4 N–H and O–H groups in total. The van der Waals surface area contributed by atoms with Crippen LogP contribution in [0, 0.1) is 12.8 Å². The first kappa shape index (κ1) is 12.6. The summed E-state index contributed by atoms with van der Waals surface area (Å²) in [6.07, 6.45) is 3.99. The van der Waals surface area contributed by atoms with Gasteiger partial charge in [-0.2, -0.15) is 4.37 Å². The number of hydrogen-bond acceptors (Lipinski definition) is 5. The Morgan fingerprint density at radius 3 is 2.71 bits per heavy atom. The van der Waals surface area contributed by atoms with Crippen molar-refractivity contribution in [3.63, 3.8) is 0 Å². The van der Waals surface area contributed by atoms with Crippen molar-refractivity contribution in [2.24, 2.45) is 5.92 Å².